The van der Waals surface area contributed by atoms with E-state index in [1.165, 1.54) is 35.3 Å². The number of methoxy groups -OCH3 is 1. The third-order valence-electron chi connectivity index (χ3n) is 3.90. The van der Waals surface area contributed by atoms with Gasteiger partial charge in [-0.2, -0.15) is 0 Å². The Hall–Kier alpha value is -1.74. The van der Waals surface area contributed by atoms with Crippen LogP contribution in [0.5, 0.6) is 5.75 Å². The van der Waals surface area contributed by atoms with Crippen molar-refractivity contribution in [2.75, 3.05) is 7.11 Å². The summed E-state index contributed by atoms with van der Waals surface area (Å²) >= 11 is 1.79. The summed E-state index contributed by atoms with van der Waals surface area (Å²) in [6, 6.07) is 12.3. The molecule has 108 valence electrons. The molecular weight excluding hydrogens is 280 g/mol. The zero-order valence-corrected chi connectivity index (χ0v) is 12.9. The molecule has 0 N–H and O–H groups in total. The smallest absolute Gasteiger partial charge is 0.150 e. The van der Waals surface area contributed by atoms with Crippen LogP contribution in [0.25, 0.3) is 0 Å². The Bertz CT molecular complexity index is 664. The number of benzene rings is 2. The molecule has 0 saturated heterocycles. The molecule has 0 fully saturated rings. The van der Waals surface area contributed by atoms with E-state index in [9.17, 15) is 4.79 Å². The Morgan fingerprint density at radius 3 is 2.81 bits per heavy atom. The van der Waals surface area contributed by atoms with Crippen molar-refractivity contribution in [3.8, 4) is 5.75 Å². The van der Waals surface area contributed by atoms with Crippen LogP contribution in [0.3, 0.4) is 0 Å². The fraction of sp³-hybridized carbons (Fsp3) is 0.278. The topological polar surface area (TPSA) is 26.3 Å². The lowest BCUT2D eigenvalue weighted by molar-refractivity contribution is 0.112. The van der Waals surface area contributed by atoms with Crippen molar-refractivity contribution >= 4 is 18.0 Å². The van der Waals surface area contributed by atoms with E-state index in [0.717, 1.165) is 23.4 Å². The first-order valence-electron chi connectivity index (χ1n) is 7.17. The third kappa shape index (κ3) is 3.13. The number of ether oxygens (including phenoxy) is 1. The van der Waals surface area contributed by atoms with Crippen LogP contribution in [0.1, 0.15) is 33.5 Å². The molecular formula is C18H18O2S. The van der Waals surface area contributed by atoms with Crippen molar-refractivity contribution in [3.63, 3.8) is 0 Å². The van der Waals surface area contributed by atoms with Gasteiger partial charge in [0.05, 0.1) is 7.11 Å². The van der Waals surface area contributed by atoms with Gasteiger partial charge in [-0.15, -0.1) is 11.8 Å². The Morgan fingerprint density at radius 1 is 1.14 bits per heavy atom. The molecule has 0 unspecified atom stereocenters. The van der Waals surface area contributed by atoms with Crippen molar-refractivity contribution in [1.29, 1.82) is 0 Å². The summed E-state index contributed by atoms with van der Waals surface area (Å²) in [7, 11) is 1.67. The Morgan fingerprint density at radius 2 is 2.00 bits per heavy atom. The van der Waals surface area contributed by atoms with Crippen molar-refractivity contribution in [1.82, 2.24) is 0 Å². The number of carbonyl (C=O) groups is 1. The molecule has 2 nitrogen and oxygen atoms in total. The van der Waals surface area contributed by atoms with Gasteiger partial charge in [-0.05, 0) is 60.7 Å². The van der Waals surface area contributed by atoms with Crippen LogP contribution in [-0.4, -0.2) is 13.4 Å². The summed E-state index contributed by atoms with van der Waals surface area (Å²) in [5.41, 5.74) is 4.75. The summed E-state index contributed by atoms with van der Waals surface area (Å²) in [6.45, 7) is 0. The quantitative estimate of drug-likeness (QED) is 0.608. The van der Waals surface area contributed by atoms with Gasteiger partial charge >= 0.3 is 0 Å². The number of aryl methyl sites for hydroxylation is 2. The summed E-state index contributed by atoms with van der Waals surface area (Å²) < 4.78 is 5.38. The normalized spacial score (nSPS) is 13.0. The summed E-state index contributed by atoms with van der Waals surface area (Å²) in [6.07, 6.45) is 4.57. The van der Waals surface area contributed by atoms with Gasteiger partial charge in [0.15, 0.2) is 0 Å². The molecule has 0 atom stereocenters. The fourth-order valence-corrected chi connectivity index (χ4v) is 3.72. The largest absolute Gasteiger partial charge is 0.496 e. The third-order valence-corrected chi connectivity index (χ3v) is 4.95. The van der Waals surface area contributed by atoms with Gasteiger partial charge in [0.25, 0.3) is 0 Å². The number of hydrogen-bond acceptors (Lipinski definition) is 3. The average molecular weight is 298 g/mol. The first-order valence-corrected chi connectivity index (χ1v) is 8.15. The minimum Gasteiger partial charge on any atom is -0.496 e. The van der Waals surface area contributed by atoms with Crippen molar-refractivity contribution < 1.29 is 9.53 Å². The molecule has 3 rings (SSSR count). The van der Waals surface area contributed by atoms with E-state index in [-0.39, 0.29) is 0 Å². The Balaban J connectivity index is 1.76. The molecule has 21 heavy (non-hydrogen) atoms. The molecule has 0 aliphatic heterocycles. The lowest BCUT2D eigenvalue weighted by Gasteiger charge is -2.10. The molecule has 1 aliphatic carbocycles. The highest BCUT2D eigenvalue weighted by Crippen LogP contribution is 2.31. The van der Waals surface area contributed by atoms with E-state index in [2.05, 4.69) is 18.2 Å². The van der Waals surface area contributed by atoms with E-state index in [4.69, 9.17) is 4.74 Å². The van der Waals surface area contributed by atoms with Gasteiger partial charge in [0, 0.05) is 21.8 Å². The standard InChI is InChI=1S/C18H18O2S/c1-20-18-8-5-13(11-19)9-16(18)12-21-17-7-6-14-3-2-4-15(14)10-17/h5-11H,2-4,12H2,1H3. The second-order valence-electron chi connectivity index (χ2n) is 5.26. The van der Waals surface area contributed by atoms with Crippen LogP contribution in [0.15, 0.2) is 41.3 Å². The van der Waals surface area contributed by atoms with Gasteiger partial charge in [-0.1, -0.05) is 6.07 Å². The van der Waals surface area contributed by atoms with Crippen LogP contribution >= 0.6 is 11.8 Å². The highest BCUT2D eigenvalue weighted by Gasteiger charge is 2.11. The highest BCUT2D eigenvalue weighted by molar-refractivity contribution is 7.98. The second-order valence-corrected chi connectivity index (χ2v) is 6.31. The number of hydrogen-bond donors (Lipinski definition) is 0. The zero-order chi connectivity index (χ0) is 14.7. The van der Waals surface area contributed by atoms with Crippen LogP contribution in [0.4, 0.5) is 0 Å². The number of thioether (sulfide) groups is 1. The molecule has 0 amide bonds. The van der Waals surface area contributed by atoms with Crippen molar-refractivity contribution in [2.24, 2.45) is 0 Å². The number of carbonyl (C=O) groups excluding carboxylic acids is 1. The second kappa shape index (κ2) is 6.35. The summed E-state index contributed by atoms with van der Waals surface area (Å²) in [4.78, 5) is 12.2. The molecule has 0 bridgehead atoms. The van der Waals surface area contributed by atoms with Gasteiger partial charge in [0.2, 0.25) is 0 Å². The van der Waals surface area contributed by atoms with Gasteiger partial charge in [-0.3, -0.25) is 4.79 Å². The molecule has 0 aromatic heterocycles. The molecule has 0 saturated carbocycles. The first-order chi connectivity index (χ1) is 10.3. The monoisotopic (exact) mass is 298 g/mol. The van der Waals surface area contributed by atoms with E-state index >= 15 is 0 Å². The van der Waals surface area contributed by atoms with Crippen LogP contribution in [0, 0.1) is 0 Å². The molecule has 2 aromatic rings. The van der Waals surface area contributed by atoms with Gasteiger partial charge in [0.1, 0.15) is 12.0 Å². The van der Waals surface area contributed by atoms with E-state index in [0.29, 0.717) is 5.56 Å². The first kappa shape index (κ1) is 14.2. The molecule has 0 spiro atoms. The zero-order valence-electron chi connectivity index (χ0n) is 12.1. The SMILES string of the molecule is COc1ccc(C=O)cc1CSc1ccc2c(c1)CCC2. The molecule has 0 heterocycles. The molecule has 0 radical (unpaired) electrons. The van der Waals surface area contributed by atoms with Crippen LogP contribution < -0.4 is 4.74 Å². The number of aldehydes is 1. The molecule has 3 heteroatoms. The molecule has 2 aromatic carbocycles. The van der Waals surface area contributed by atoms with E-state index in [1.54, 1.807) is 24.9 Å². The maximum absolute atomic E-state index is 10.9. The van der Waals surface area contributed by atoms with E-state index in [1.807, 2.05) is 12.1 Å². The predicted molar refractivity (Wildman–Crippen MR) is 86.4 cm³/mol. The number of rotatable bonds is 5. The predicted octanol–water partition coefficient (Wildman–Crippen LogP) is 4.29. The van der Waals surface area contributed by atoms with Crippen molar-refractivity contribution in [3.05, 3.63) is 58.7 Å². The summed E-state index contributed by atoms with van der Waals surface area (Å²) in [5, 5.41) is 0. The average Bonchev–Trinajstić information content (AvgIpc) is 3.00. The van der Waals surface area contributed by atoms with Gasteiger partial charge in [-0.25, -0.2) is 0 Å². The summed E-state index contributed by atoms with van der Waals surface area (Å²) in [5.74, 6) is 1.65. The minimum absolute atomic E-state index is 0.695. The maximum atomic E-state index is 10.9. The lowest BCUT2D eigenvalue weighted by atomic mass is 10.1. The van der Waals surface area contributed by atoms with Crippen LogP contribution in [-0.2, 0) is 18.6 Å². The van der Waals surface area contributed by atoms with E-state index < -0.39 is 0 Å². The van der Waals surface area contributed by atoms with Crippen LogP contribution in [0.2, 0.25) is 0 Å². The highest BCUT2D eigenvalue weighted by atomic mass is 32.2. The Kier molecular flexibility index (Phi) is 4.30. The number of fused-ring (bicyclic) bond motifs is 1. The van der Waals surface area contributed by atoms with Crippen molar-refractivity contribution in [2.45, 2.75) is 29.9 Å². The lowest BCUT2D eigenvalue weighted by Crippen LogP contribution is -1.93. The maximum Gasteiger partial charge on any atom is 0.150 e. The fourth-order valence-electron chi connectivity index (χ4n) is 2.78. The minimum atomic E-state index is 0.695. The Labute approximate surface area is 129 Å². The molecule has 1 aliphatic rings. The van der Waals surface area contributed by atoms with Gasteiger partial charge < -0.3 is 4.74 Å².